The van der Waals surface area contributed by atoms with Crippen molar-refractivity contribution in [2.45, 2.75) is 19.3 Å². The molecule has 0 spiro atoms. The summed E-state index contributed by atoms with van der Waals surface area (Å²) in [6.07, 6.45) is 0.779. The van der Waals surface area contributed by atoms with E-state index in [0.717, 1.165) is 17.5 Å². The van der Waals surface area contributed by atoms with Gasteiger partial charge in [-0.1, -0.05) is 25.1 Å². The molecule has 0 saturated heterocycles. The molecule has 4 nitrogen and oxygen atoms in total. The first-order valence-electron chi connectivity index (χ1n) is 7.17. The summed E-state index contributed by atoms with van der Waals surface area (Å²) in [6.45, 7) is 2.07. The lowest BCUT2D eigenvalue weighted by atomic mass is 9.92. The van der Waals surface area contributed by atoms with Crippen molar-refractivity contribution in [3.63, 3.8) is 0 Å². The second kappa shape index (κ2) is 7.07. The molecule has 0 aliphatic heterocycles. The number of hydrogen-bond acceptors (Lipinski definition) is 4. The number of methoxy groups -OCH3 is 3. The lowest BCUT2D eigenvalue weighted by Gasteiger charge is -2.16. The third kappa shape index (κ3) is 3.27. The minimum absolute atomic E-state index is 0.146. The van der Waals surface area contributed by atoms with E-state index in [1.165, 1.54) is 0 Å². The molecule has 0 fully saturated rings. The van der Waals surface area contributed by atoms with Gasteiger partial charge in [0, 0.05) is 5.56 Å². The molecule has 1 N–H and O–H groups in total. The summed E-state index contributed by atoms with van der Waals surface area (Å²) in [6, 6.07) is 11.4. The van der Waals surface area contributed by atoms with Crippen molar-refractivity contribution < 1.29 is 19.3 Å². The van der Waals surface area contributed by atoms with E-state index in [1.54, 1.807) is 27.4 Å². The van der Waals surface area contributed by atoms with E-state index in [4.69, 9.17) is 14.2 Å². The summed E-state index contributed by atoms with van der Waals surface area (Å²) < 4.78 is 15.7. The molecule has 118 valence electrons. The van der Waals surface area contributed by atoms with Gasteiger partial charge in [0.05, 0.1) is 21.3 Å². The Balaban J connectivity index is 2.24. The van der Waals surface area contributed by atoms with E-state index in [9.17, 15) is 5.11 Å². The van der Waals surface area contributed by atoms with Gasteiger partial charge < -0.3 is 19.3 Å². The number of hydrogen-bond donors (Lipinski definition) is 1. The molecule has 0 amide bonds. The molecule has 1 atom stereocenters. The van der Waals surface area contributed by atoms with Gasteiger partial charge >= 0.3 is 0 Å². The monoisotopic (exact) mass is 302 g/mol. The van der Waals surface area contributed by atoms with E-state index >= 15 is 0 Å². The first-order valence-corrected chi connectivity index (χ1v) is 7.17. The van der Waals surface area contributed by atoms with Crippen molar-refractivity contribution in [1.29, 1.82) is 0 Å². The Bertz CT molecular complexity index is 637. The van der Waals surface area contributed by atoms with Crippen molar-refractivity contribution in [2.75, 3.05) is 21.3 Å². The van der Waals surface area contributed by atoms with Crippen LogP contribution in [-0.2, 0) is 6.42 Å². The molecular formula is C18H22O4. The molecule has 0 heterocycles. The Hall–Kier alpha value is -2.36. The summed E-state index contributed by atoms with van der Waals surface area (Å²) in [5.74, 6) is 2.27. The Morgan fingerprint density at radius 1 is 0.909 bits per heavy atom. The molecule has 0 bridgehead atoms. The maximum absolute atomic E-state index is 10.3. The van der Waals surface area contributed by atoms with E-state index in [1.807, 2.05) is 30.3 Å². The average molecular weight is 302 g/mol. The molecule has 0 aliphatic carbocycles. The Kier molecular flexibility index (Phi) is 5.15. The third-order valence-corrected chi connectivity index (χ3v) is 3.77. The zero-order chi connectivity index (χ0) is 16.1. The van der Waals surface area contributed by atoms with Crippen LogP contribution >= 0.6 is 0 Å². The second-order valence-corrected chi connectivity index (χ2v) is 5.19. The lowest BCUT2D eigenvalue weighted by molar-refractivity contribution is 0.354. The first kappa shape index (κ1) is 16.0. The Morgan fingerprint density at radius 3 is 2.23 bits per heavy atom. The number of phenolic OH excluding ortho intramolecular Hbond substituents is 1. The summed E-state index contributed by atoms with van der Waals surface area (Å²) >= 11 is 0. The Morgan fingerprint density at radius 2 is 1.59 bits per heavy atom. The maximum Gasteiger partial charge on any atom is 0.161 e. The molecule has 22 heavy (non-hydrogen) atoms. The average Bonchev–Trinajstić information content (AvgIpc) is 2.54. The molecule has 0 saturated carbocycles. The van der Waals surface area contributed by atoms with Crippen molar-refractivity contribution >= 4 is 0 Å². The zero-order valence-electron chi connectivity index (χ0n) is 13.4. The standard InChI is InChI=1S/C18H22O4/c1-12(14-6-5-7-16(21-3)18(14)19)10-13-8-9-15(20-2)17(11-13)22-4/h5-9,11-12,19H,10H2,1-4H3. The topological polar surface area (TPSA) is 47.9 Å². The van der Waals surface area contributed by atoms with Crippen LogP contribution in [0.3, 0.4) is 0 Å². The number of benzene rings is 2. The van der Waals surface area contributed by atoms with Gasteiger partial charge in [0.25, 0.3) is 0 Å². The second-order valence-electron chi connectivity index (χ2n) is 5.19. The third-order valence-electron chi connectivity index (χ3n) is 3.77. The van der Waals surface area contributed by atoms with E-state index in [2.05, 4.69) is 6.92 Å². The summed E-state index contributed by atoms with van der Waals surface area (Å²) in [7, 11) is 4.80. The van der Waals surface area contributed by atoms with Gasteiger partial charge in [0.1, 0.15) is 0 Å². The van der Waals surface area contributed by atoms with Crippen molar-refractivity contribution in [2.24, 2.45) is 0 Å². The summed E-state index contributed by atoms with van der Waals surface area (Å²) in [5, 5.41) is 10.3. The van der Waals surface area contributed by atoms with Crippen LogP contribution in [0.5, 0.6) is 23.0 Å². The van der Waals surface area contributed by atoms with Crippen molar-refractivity contribution in [3.05, 3.63) is 47.5 Å². The number of rotatable bonds is 6. The van der Waals surface area contributed by atoms with Crippen LogP contribution in [0.25, 0.3) is 0 Å². The van der Waals surface area contributed by atoms with Crippen LogP contribution < -0.4 is 14.2 Å². The molecule has 0 aliphatic rings. The van der Waals surface area contributed by atoms with Gasteiger partial charge in [-0.05, 0) is 36.1 Å². The number of aromatic hydroxyl groups is 1. The molecular weight excluding hydrogens is 280 g/mol. The van der Waals surface area contributed by atoms with Gasteiger partial charge in [0.15, 0.2) is 23.0 Å². The quantitative estimate of drug-likeness (QED) is 0.882. The normalized spacial score (nSPS) is 11.8. The van der Waals surface area contributed by atoms with Crippen molar-refractivity contribution in [1.82, 2.24) is 0 Å². The largest absolute Gasteiger partial charge is 0.504 e. The first-order chi connectivity index (χ1) is 10.6. The molecule has 4 heteroatoms. The van der Waals surface area contributed by atoms with E-state index < -0.39 is 0 Å². The van der Waals surface area contributed by atoms with Gasteiger partial charge in [-0.2, -0.15) is 0 Å². The maximum atomic E-state index is 10.3. The van der Waals surface area contributed by atoms with E-state index in [0.29, 0.717) is 17.2 Å². The highest BCUT2D eigenvalue weighted by Crippen LogP contribution is 2.36. The summed E-state index contributed by atoms with van der Waals surface area (Å²) in [5.41, 5.74) is 1.99. The minimum atomic E-state index is 0.146. The SMILES string of the molecule is COc1ccc(CC(C)c2cccc(OC)c2O)cc1OC. The zero-order valence-corrected chi connectivity index (χ0v) is 13.4. The smallest absolute Gasteiger partial charge is 0.161 e. The minimum Gasteiger partial charge on any atom is -0.504 e. The number of para-hydroxylation sites is 1. The fraction of sp³-hybridized carbons (Fsp3) is 0.333. The van der Waals surface area contributed by atoms with E-state index in [-0.39, 0.29) is 11.7 Å². The predicted octanol–water partition coefficient (Wildman–Crippen LogP) is 3.76. The number of phenols is 1. The molecule has 2 aromatic rings. The van der Waals surface area contributed by atoms with Gasteiger partial charge in [0.2, 0.25) is 0 Å². The van der Waals surface area contributed by atoms with Gasteiger partial charge in [-0.15, -0.1) is 0 Å². The molecule has 0 radical (unpaired) electrons. The van der Waals surface area contributed by atoms with Crippen LogP contribution in [-0.4, -0.2) is 26.4 Å². The highest BCUT2D eigenvalue weighted by Gasteiger charge is 2.15. The van der Waals surface area contributed by atoms with Crippen LogP contribution in [0.4, 0.5) is 0 Å². The predicted molar refractivity (Wildman–Crippen MR) is 86.3 cm³/mol. The molecule has 0 aromatic heterocycles. The highest BCUT2D eigenvalue weighted by molar-refractivity contribution is 5.48. The van der Waals surface area contributed by atoms with Crippen LogP contribution in [0.15, 0.2) is 36.4 Å². The molecule has 2 aromatic carbocycles. The molecule has 2 rings (SSSR count). The van der Waals surface area contributed by atoms with Crippen LogP contribution in [0.2, 0.25) is 0 Å². The van der Waals surface area contributed by atoms with Crippen LogP contribution in [0, 0.1) is 0 Å². The lowest BCUT2D eigenvalue weighted by Crippen LogP contribution is -2.01. The van der Waals surface area contributed by atoms with Crippen molar-refractivity contribution in [3.8, 4) is 23.0 Å². The molecule has 1 unspecified atom stereocenters. The Labute approximate surface area is 131 Å². The highest BCUT2D eigenvalue weighted by atomic mass is 16.5. The fourth-order valence-electron chi connectivity index (χ4n) is 2.57. The van der Waals surface area contributed by atoms with Gasteiger partial charge in [-0.3, -0.25) is 0 Å². The number of ether oxygens (including phenoxy) is 3. The van der Waals surface area contributed by atoms with Crippen LogP contribution in [0.1, 0.15) is 24.0 Å². The van der Waals surface area contributed by atoms with Gasteiger partial charge in [-0.25, -0.2) is 0 Å². The summed E-state index contributed by atoms with van der Waals surface area (Å²) in [4.78, 5) is 0. The fourth-order valence-corrected chi connectivity index (χ4v) is 2.57.